The van der Waals surface area contributed by atoms with Crippen LogP contribution in [0.2, 0.25) is 0 Å². The monoisotopic (exact) mass is 292 g/mol. The summed E-state index contributed by atoms with van der Waals surface area (Å²) in [5.74, 6) is 0.0905. The number of hydrogen-bond acceptors (Lipinski definition) is 2. The second-order valence-corrected chi connectivity index (χ2v) is 6.45. The van der Waals surface area contributed by atoms with Crippen molar-refractivity contribution in [3.63, 3.8) is 0 Å². The van der Waals surface area contributed by atoms with Gasteiger partial charge in [0.2, 0.25) is 5.91 Å². The molecule has 0 radical (unpaired) electrons. The molecule has 1 fully saturated rings. The molecule has 0 aromatic heterocycles. The van der Waals surface area contributed by atoms with Gasteiger partial charge < -0.3 is 4.90 Å². The number of hydrogen-bond donors (Lipinski definition) is 1. The molecule has 1 amide bonds. The summed E-state index contributed by atoms with van der Waals surface area (Å²) in [6.45, 7) is 10.1. The molecule has 2 rings (SSSR count). The van der Waals surface area contributed by atoms with Crippen molar-refractivity contribution in [3.05, 3.63) is 35.6 Å². The molecule has 3 unspecified atom stereocenters. The summed E-state index contributed by atoms with van der Waals surface area (Å²) < 4.78 is 14.2. The first kappa shape index (κ1) is 16.0. The van der Waals surface area contributed by atoms with E-state index in [0.29, 0.717) is 17.9 Å². The van der Waals surface area contributed by atoms with Crippen LogP contribution in [0.4, 0.5) is 4.39 Å². The van der Waals surface area contributed by atoms with Gasteiger partial charge in [-0.05, 0) is 32.3 Å². The predicted octanol–water partition coefficient (Wildman–Crippen LogP) is 3.47. The number of nitrogens with zero attached hydrogens (tertiary/aromatic N) is 1. The third-order valence-electron chi connectivity index (χ3n) is 4.75. The standard InChI is InChI=1S/C17H25FN2O/c1-6-17(5)16(21)20(12(4)11(2)3)15(19-17)13-9-7-8-10-14(13)18/h7-12,15,19H,6H2,1-5H3. The summed E-state index contributed by atoms with van der Waals surface area (Å²) in [6, 6.07) is 6.72. The highest BCUT2D eigenvalue weighted by molar-refractivity contribution is 5.88. The molecule has 21 heavy (non-hydrogen) atoms. The molecule has 3 nitrogen and oxygen atoms in total. The maximum Gasteiger partial charge on any atom is 0.244 e. The van der Waals surface area contributed by atoms with E-state index < -0.39 is 11.7 Å². The molecule has 1 aromatic rings. The van der Waals surface area contributed by atoms with E-state index in [0.717, 1.165) is 0 Å². The van der Waals surface area contributed by atoms with Gasteiger partial charge in [-0.3, -0.25) is 10.1 Å². The Morgan fingerprint density at radius 3 is 2.48 bits per heavy atom. The average Bonchev–Trinajstić information content (AvgIpc) is 2.71. The second-order valence-electron chi connectivity index (χ2n) is 6.45. The van der Waals surface area contributed by atoms with Gasteiger partial charge in [0.05, 0.1) is 5.54 Å². The summed E-state index contributed by atoms with van der Waals surface area (Å²) >= 11 is 0. The van der Waals surface area contributed by atoms with Gasteiger partial charge in [-0.25, -0.2) is 4.39 Å². The summed E-state index contributed by atoms with van der Waals surface area (Å²) in [5, 5.41) is 3.35. The number of carbonyl (C=O) groups is 1. The molecule has 1 N–H and O–H groups in total. The van der Waals surface area contributed by atoms with Gasteiger partial charge in [0.15, 0.2) is 0 Å². The summed E-state index contributed by atoms with van der Waals surface area (Å²) in [4.78, 5) is 14.7. The highest BCUT2D eigenvalue weighted by Crippen LogP contribution is 2.36. The molecule has 0 spiro atoms. The minimum absolute atomic E-state index is 0.0444. The van der Waals surface area contributed by atoms with E-state index in [2.05, 4.69) is 19.2 Å². The molecule has 1 heterocycles. The van der Waals surface area contributed by atoms with Gasteiger partial charge in [0.1, 0.15) is 12.0 Å². The third-order valence-corrected chi connectivity index (χ3v) is 4.75. The summed E-state index contributed by atoms with van der Waals surface area (Å²) in [7, 11) is 0. The van der Waals surface area contributed by atoms with Gasteiger partial charge in [0.25, 0.3) is 0 Å². The minimum Gasteiger partial charge on any atom is -0.318 e. The Bertz CT molecular complexity index is 531. The van der Waals surface area contributed by atoms with Crippen molar-refractivity contribution in [2.24, 2.45) is 5.92 Å². The summed E-state index contributed by atoms with van der Waals surface area (Å²) in [6.07, 6.45) is 0.277. The molecule has 1 saturated heterocycles. The first-order chi connectivity index (χ1) is 9.81. The van der Waals surface area contributed by atoms with E-state index in [1.165, 1.54) is 6.07 Å². The number of carbonyl (C=O) groups excluding carboxylic acids is 1. The number of nitrogens with one attached hydrogen (secondary N) is 1. The van der Waals surface area contributed by atoms with Gasteiger partial charge in [-0.2, -0.15) is 0 Å². The van der Waals surface area contributed by atoms with Crippen LogP contribution in [0.15, 0.2) is 24.3 Å². The van der Waals surface area contributed by atoms with Crippen molar-refractivity contribution in [1.29, 1.82) is 0 Å². The Kier molecular flexibility index (Phi) is 4.38. The smallest absolute Gasteiger partial charge is 0.244 e. The molecular weight excluding hydrogens is 267 g/mol. The first-order valence-corrected chi connectivity index (χ1v) is 7.66. The van der Waals surface area contributed by atoms with E-state index in [-0.39, 0.29) is 17.8 Å². The zero-order valence-corrected chi connectivity index (χ0v) is 13.5. The minimum atomic E-state index is -0.629. The van der Waals surface area contributed by atoms with Crippen LogP contribution in [-0.4, -0.2) is 22.4 Å². The fraction of sp³-hybridized carbons (Fsp3) is 0.588. The van der Waals surface area contributed by atoms with Crippen molar-refractivity contribution in [2.45, 2.75) is 58.8 Å². The van der Waals surface area contributed by atoms with Crippen LogP contribution in [0.3, 0.4) is 0 Å². The van der Waals surface area contributed by atoms with E-state index in [4.69, 9.17) is 0 Å². The van der Waals surface area contributed by atoms with Gasteiger partial charge in [0, 0.05) is 11.6 Å². The van der Waals surface area contributed by atoms with Crippen LogP contribution in [0.25, 0.3) is 0 Å². The zero-order chi connectivity index (χ0) is 15.8. The van der Waals surface area contributed by atoms with Crippen LogP contribution in [-0.2, 0) is 4.79 Å². The normalized spacial score (nSPS) is 27.5. The lowest BCUT2D eigenvalue weighted by Gasteiger charge is -2.33. The second kappa shape index (κ2) is 5.76. The molecule has 1 aromatic carbocycles. The van der Waals surface area contributed by atoms with Crippen LogP contribution in [0, 0.1) is 11.7 Å². The Morgan fingerprint density at radius 2 is 1.95 bits per heavy atom. The zero-order valence-electron chi connectivity index (χ0n) is 13.5. The molecule has 0 saturated carbocycles. The third kappa shape index (κ3) is 2.69. The quantitative estimate of drug-likeness (QED) is 0.921. The highest BCUT2D eigenvalue weighted by Gasteiger charge is 2.49. The van der Waals surface area contributed by atoms with Crippen molar-refractivity contribution in [1.82, 2.24) is 10.2 Å². The lowest BCUT2D eigenvalue weighted by molar-refractivity contribution is -0.135. The molecule has 4 heteroatoms. The van der Waals surface area contributed by atoms with E-state index >= 15 is 0 Å². The maximum atomic E-state index is 14.2. The maximum absolute atomic E-state index is 14.2. The number of benzene rings is 1. The van der Waals surface area contributed by atoms with Crippen molar-refractivity contribution >= 4 is 5.91 Å². The highest BCUT2D eigenvalue weighted by atomic mass is 19.1. The van der Waals surface area contributed by atoms with Crippen LogP contribution in [0.1, 0.15) is 52.8 Å². The molecule has 0 bridgehead atoms. The van der Waals surface area contributed by atoms with Gasteiger partial charge in [-0.15, -0.1) is 0 Å². The Balaban J connectivity index is 2.47. The molecule has 1 aliphatic rings. The number of halogens is 1. The van der Waals surface area contributed by atoms with Crippen molar-refractivity contribution < 1.29 is 9.18 Å². The molecular formula is C17H25FN2O. The van der Waals surface area contributed by atoms with Crippen molar-refractivity contribution in [3.8, 4) is 0 Å². The van der Waals surface area contributed by atoms with Crippen LogP contribution >= 0.6 is 0 Å². The van der Waals surface area contributed by atoms with Gasteiger partial charge >= 0.3 is 0 Å². The first-order valence-electron chi connectivity index (χ1n) is 7.66. The largest absolute Gasteiger partial charge is 0.318 e. The lowest BCUT2D eigenvalue weighted by Crippen LogP contribution is -2.45. The summed E-state index contributed by atoms with van der Waals surface area (Å²) in [5.41, 5.74) is -0.0913. The Labute approximate surface area is 126 Å². The number of rotatable bonds is 4. The predicted molar refractivity (Wildman–Crippen MR) is 82.1 cm³/mol. The Morgan fingerprint density at radius 1 is 1.33 bits per heavy atom. The number of amides is 1. The van der Waals surface area contributed by atoms with Crippen LogP contribution in [0.5, 0.6) is 0 Å². The molecule has 0 aliphatic carbocycles. The molecule has 3 atom stereocenters. The van der Waals surface area contributed by atoms with E-state index in [1.54, 1.807) is 12.1 Å². The fourth-order valence-corrected chi connectivity index (χ4v) is 2.75. The molecule has 1 aliphatic heterocycles. The van der Waals surface area contributed by atoms with E-state index in [9.17, 15) is 9.18 Å². The van der Waals surface area contributed by atoms with Gasteiger partial charge in [-0.1, -0.05) is 39.0 Å². The fourth-order valence-electron chi connectivity index (χ4n) is 2.75. The lowest BCUT2D eigenvalue weighted by atomic mass is 9.97. The molecule has 116 valence electrons. The average molecular weight is 292 g/mol. The SMILES string of the molecule is CCC1(C)NC(c2ccccc2F)N(C(C)C(C)C)C1=O. The van der Waals surface area contributed by atoms with E-state index in [1.807, 2.05) is 31.7 Å². The van der Waals surface area contributed by atoms with Crippen molar-refractivity contribution in [2.75, 3.05) is 0 Å². The Hall–Kier alpha value is -1.42. The topological polar surface area (TPSA) is 32.3 Å². The van der Waals surface area contributed by atoms with Crippen LogP contribution < -0.4 is 5.32 Å².